The van der Waals surface area contributed by atoms with Crippen molar-refractivity contribution in [3.8, 4) is 0 Å². The zero-order chi connectivity index (χ0) is 14.8. The molecule has 112 valence electrons. The van der Waals surface area contributed by atoms with Gasteiger partial charge in [0.25, 0.3) is 0 Å². The molecule has 0 atom stereocenters. The lowest BCUT2D eigenvalue weighted by molar-refractivity contribution is -0.122. The number of carbonyl (C=O) groups is 2. The molecule has 1 aliphatic heterocycles. The minimum absolute atomic E-state index is 0.0692. The summed E-state index contributed by atoms with van der Waals surface area (Å²) in [6.07, 6.45) is 3.33. The first-order valence-electron chi connectivity index (χ1n) is 7.46. The zero-order valence-electron chi connectivity index (χ0n) is 12.0. The van der Waals surface area contributed by atoms with Gasteiger partial charge in [0, 0.05) is 19.6 Å². The minimum Gasteiger partial charge on any atom is -0.478 e. The molecule has 3 rings (SSSR count). The highest BCUT2D eigenvalue weighted by atomic mass is 16.4. The van der Waals surface area contributed by atoms with E-state index < -0.39 is 5.97 Å². The fourth-order valence-electron chi connectivity index (χ4n) is 2.72. The van der Waals surface area contributed by atoms with Gasteiger partial charge in [0.05, 0.1) is 12.1 Å². The minimum atomic E-state index is -0.905. The van der Waals surface area contributed by atoms with Crippen LogP contribution in [0.4, 0.5) is 0 Å². The Labute approximate surface area is 123 Å². The molecule has 2 aliphatic rings. The van der Waals surface area contributed by atoms with Gasteiger partial charge >= 0.3 is 5.97 Å². The lowest BCUT2D eigenvalue weighted by Gasteiger charge is -2.28. The summed E-state index contributed by atoms with van der Waals surface area (Å²) in [6.45, 7) is 2.68. The van der Waals surface area contributed by atoms with Crippen LogP contribution >= 0.6 is 0 Å². The summed E-state index contributed by atoms with van der Waals surface area (Å²) in [5.74, 6) is -0.147. The standard InChI is InChI=1S/C16H20N2O3/c19-15(17-8-11-1-2-11)10-18-6-5-12-3-4-13(16(20)21)7-14(12)9-18/h3-4,7,11H,1-2,5-6,8-10H2,(H,17,19)(H,20,21). The number of carbonyl (C=O) groups excluding carboxylic acids is 1. The van der Waals surface area contributed by atoms with Crippen LogP contribution in [0, 0.1) is 5.92 Å². The zero-order valence-corrected chi connectivity index (χ0v) is 12.0. The molecule has 1 amide bonds. The van der Waals surface area contributed by atoms with Crippen molar-refractivity contribution >= 4 is 11.9 Å². The molecule has 1 saturated carbocycles. The van der Waals surface area contributed by atoms with E-state index in [1.165, 1.54) is 18.4 Å². The molecule has 0 unspecified atom stereocenters. The molecule has 1 fully saturated rings. The van der Waals surface area contributed by atoms with E-state index >= 15 is 0 Å². The number of nitrogens with one attached hydrogen (secondary N) is 1. The number of carboxylic acid groups (broad SMARTS) is 1. The van der Waals surface area contributed by atoms with Crippen molar-refractivity contribution in [1.29, 1.82) is 0 Å². The number of hydrogen-bond donors (Lipinski definition) is 2. The molecule has 1 aromatic rings. The molecule has 2 N–H and O–H groups in total. The van der Waals surface area contributed by atoms with E-state index in [9.17, 15) is 9.59 Å². The van der Waals surface area contributed by atoms with Crippen molar-refractivity contribution in [2.24, 2.45) is 5.92 Å². The molecule has 5 nitrogen and oxygen atoms in total. The summed E-state index contributed by atoms with van der Waals surface area (Å²) >= 11 is 0. The van der Waals surface area contributed by atoms with E-state index in [4.69, 9.17) is 5.11 Å². The first-order valence-corrected chi connectivity index (χ1v) is 7.46. The number of aromatic carboxylic acids is 1. The number of amides is 1. The molecule has 0 bridgehead atoms. The Morgan fingerprint density at radius 3 is 2.81 bits per heavy atom. The predicted molar refractivity (Wildman–Crippen MR) is 78.1 cm³/mol. The smallest absolute Gasteiger partial charge is 0.335 e. The monoisotopic (exact) mass is 288 g/mol. The average molecular weight is 288 g/mol. The normalized spacial score (nSPS) is 18.1. The summed E-state index contributed by atoms with van der Waals surface area (Å²) in [7, 11) is 0. The quantitative estimate of drug-likeness (QED) is 0.856. The van der Waals surface area contributed by atoms with Crippen LogP contribution in [-0.4, -0.2) is 41.5 Å². The van der Waals surface area contributed by atoms with E-state index in [1.807, 2.05) is 6.07 Å². The molecule has 0 saturated heterocycles. The summed E-state index contributed by atoms with van der Waals surface area (Å²) in [5.41, 5.74) is 2.53. The first-order chi connectivity index (χ1) is 10.1. The Morgan fingerprint density at radius 1 is 1.29 bits per heavy atom. The Hall–Kier alpha value is -1.88. The third-order valence-electron chi connectivity index (χ3n) is 4.20. The van der Waals surface area contributed by atoms with Gasteiger partial charge in [-0.25, -0.2) is 4.79 Å². The number of nitrogens with zero attached hydrogens (tertiary/aromatic N) is 1. The van der Waals surface area contributed by atoms with Crippen LogP contribution in [0.25, 0.3) is 0 Å². The van der Waals surface area contributed by atoms with Crippen LogP contribution in [0.1, 0.15) is 34.3 Å². The van der Waals surface area contributed by atoms with E-state index in [-0.39, 0.29) is 5.91 Å². The Kier molecular flexibility index (Phi) is 3.92. The van der Waals surface area contributed by atoms with Gasteiger partial charge in [-0.05, 0) is 48.4 Å². The van der Waals surface area contributed by atoms with Crippen LogP contribution < -0.4 is 5.32 Å². The van der Waals surface area contributed by atoms with Gasteiger partial charge in [-0.3, -0.25) is 9.69 Å². The Balaban J connectivity index is 1.58. The summed E-state index contributed by atoms with van der Waals surface area (Å²) < 4.78 is 0. The van der Waals surface area contributed by atoms with Gasteiger partial charge in [-0.1, -0.05) is 6.07 Å². The molecule has 1 aromatic carbocycles. The molecule has 0 radical (unpaired) electrons. The molecule has 21 heavy (non-hydrogen) atoms. The highest BCUT2D eigenvalue weighted by Crippen LogP contribution is 2.27. The number of carboxylic acids is 1. The fourth-order valence-corrected chi connectivity index (χ4v) is 2.72. The van der Waals surface area contributed by atoms with Gasteiger partial charge in [0.1, 0.15) is 0 Å². The fraction of sp³-hybridized carbons (Fsp3) is 0.500. The molecule has 0 spiro atoms. The largest absolute Gasteiger partial charge is 0.478 e. The van der Waals surface area contributed by atoms with Crippen LogP contribution in [-0.2, 0) is 17.8 Å². The van der Waals surface area contributed by atoms with Gasteiger partial charge in [-0.15, -0.1) is 0 Å². The maximum Gasteiger partial charge on any atom is 0.335 e. The van der Waals surface area contributed by atoms with E-state index in [0.29, 0.717) is 24.6 Å². The lowest BCUT2D eigenvalue weighted by atomic mass is 9.97. The summed E-state index contributed by atoms with van der Waals surface area (Å²) in [5, 5.41) is 12.0. The van der Waals surface area contributed by atoms with Gasteiger partial charge in [0.2, 0.25) is 5.91 Å². The van der Waals surface area contributed by atoms with Gasteiger partial charge in [-0.2, -0.15) is 0 Å². The molecule has 5 heteroatoms. The lowest BCUT2D eigenvalue weighted by Crippen LogP contribution is -2.40. The molecule has 1 aliphatic carbocycles. The first kappa shape index (κ1) is 14.1. The van der Waals surface area contributed by atoms with Crippen LogP contribution in [0.3, 0.4) is 0 Å². The van der Waals surface area contributed by atoms with Crippen molar-refractivity contribution in [3.05, 3.63) is 34.9 Å². The van der Waals surface area contributed by atoms with Crippen LogP contribution in [0.2, 0.25) is 0 Å². The van der Waals surface area contributed by atoms with E-state index in [2.05, 4.69) is 10.2 Å². The summed E-state index contributed by atoms with van der Waals surface area (Å²) in [4.78, 5) is 25.0. The number of benzene rings is 1. The second-order valence-electron chi connectivity index (χ2n) is 6.00. The molecular formula is C16H20N2O3. The second kappa shape index (κ2) is 5.85. The number of fused-ring (bicyclic) bond motifs is 1. The maximum atomic E-state index is 11.9. The molecule has 1 heterocycles. The molecular weight excluding hydrogens is 268 g/mol. The highest BCUT2D eigenvalue weighted by molar-refractivity contribution is 5.88. The van der Waals surface area contributed by atoms with Gasteiger partial charge < -0.3 is 10.4 Å². The number of rotatable bonds is 5. The van der Waals surface area contributed by atoms with Crippen LogP contribution in [0.15, 0.2) is 18.2 Å². The second-order valence-corrected chi connectivity index (χ2v) is 6.00. The van der Waals surface area contributed by atoms with Crippen LogP contribution in [0.5, 0.6) is 0 Å². The topological polar surface area (TPSA) is 69.6 Å². The summed E-state index contributed by atoms with van der Waals surface area (Å²) in [6, 6.07) is 5.27. The molecule has 0 aromatic heterocycles. The van der Waals surface area contributed by atoms with Crippen molar-refractivity contribution < 1.29 is 14.7 Å². The predicted octanol–water partition coefficient (Wildman–Crippen LogP) is 1.27. The highest BCUT2D eigenvalue weighted by Gasteiger charge is 2.23. The van der Waals surface area contributed by atoms with Gasteiger partial charge in [0.15, 0.2) is 0 Å². The third-order valence-corrected chi connectivity index (χ3v) is 4.20. The van der Waals surface area contributed by atoms with Crippen molar-refractivity contribution in [1.82, 2.24) is 10.2 Å². The third kappa shape index (κ3) is 3.61. The van der Waals surface area contributed by atoms with E-state index in [0.717, 1.165) is 25.1 Å². The van der Waals surface area contributed by atoms with Crippen molar-refractivity contribution in [3.63, 3.8) is 0 Å². The average Bonchev–Trinajstić information content (AvgIpc) is 3.28. The Morgan fingerprint density at radius 2 is 2.10 bits per heavy atom. The SMILES string of the molecule is O=C(CN1CCc2ccc(C(=O)O)cc2C1)NCC1CC1. The van der Waals surface area contributed by atoms with Crippen molar-refractivity contribution in [2.75, 3.05) is 19.6 Å². The Bertz CT molecular complexity index is 567. The van der Waals surface area contributed by atoms with E-state index in [1.54, 1.807) is 12.1 Å². The number of hydrogen-bond acceptors (Lipinski definition) is 3. The maximum absolute atomic E-state index is 11.9. The van der Waals surface area contributed by atoms with Crippen molar-refractivity contribution in [2.45, 2.75) is 25.8 Å².